The molecule has 0 spiro atoms. The van der Waals surface area contributed by atoms with Gasteiger partial charge in [-0.1, -0.05) is 50.1 Å². The number of hydrazine groups is 1. The molecule has 2 nitrogen and oxygen atoms in total. The summed E-state index contributed by atoms with van der Waals surface area (Å²) in [7, 11) is 0. The first-order chi connectivity index (χ1) is 9.10. The zero-order valence-electron chi connectivity index (χ0n) is 10.7. The average molecular weight is 384 g/mol. The molecule has 0 saturated carbocycles. The highest BCUT2D eigenvalue weighted by Gasteiger charge is 2.13. The first kappa shape index (κ1) is 14.7. The maximum absolute atomic E-state index is 5.73. The van der Waals surface area contributed by atoms with Crippen molar-refractivity contribution >= 4 is 31.9 Å². The Morgan fingerprint density at radius 3 is 2.53 bits per heavy atom. The predicted octanol–water partition coefficient (Wildman–Crippen LogP) is 4.27. The second-order valence-electron chi connectivity index (χ2n) is 4.55. The molecule has 1 atom stereocenters. The number of aryl methyl sites for hydroxylation is 1. The van der Waals surface area contributed by atoms with Crippen molar-refractivity contribution in [3.8, 4) is 0 Å². The number of hydrogen-bond donors (Lipinski definition) is 2. The summed E-state index contributed by atoms with van der Waals surface area (Å²) in [6, 6.07) is 14.7. The van der Waals surface area contributed by atoms with Gasteiger partial charge in [0.25, 0.3) is 0 Å². The minimum atomic E-state index is 0.104. The van der Waals surface area contributed by atoms with E-state index in [0.29, 0.717) is 0 Å². The molecule has 0 aromatic heterocycles. The summed E-state index contributed by atoms with van der Waals surface area (Å²) in [6.07, 6.45) is 0.854. The summed E-state index contributed by atoms with van der Waals surface area (Å²) in [5.74, 6) is 5.73. The van der Waals surface area contributed by atoms with E-state index in [0.717, 1.165) is 15.4 Å². The SMILES string of the molecule is Cc1ccc(Br)cc1C(Cc1cccc(Br)c1)NN. The van der Waals surface area contributed by atoms with Crippen LogP contribution in [0.15, 0.2) is 51.4 Å². The molecule has 0 aliphatic heterocycles. The quantitative estimate of drug-likeness (QED) is 0.611. The second kappa shape index (κ2) is 6.66. The van der Waals surface area contributed by atoms with Crippen molar-refractivity contribution < 1.29 is 0 Å². The van der Waals surface area contributed by atoms with Crippen LogP contribution >= 0.6 is 31.9 Å². The van der Waals surface area contributed by atoms with Crippen molar-refractivity contribution in [2.75, 3.05) is 0 Å². The largest absolute Gasteiger partial charge is 0.271 e. The third-order valence-corrected chi connectivity index (χ3v) is 4.13. The summed E-state index contributed by atoms with van der Waals surface area (Å²) in [5.41, 5.74) is 6.62. The van der Waals surface area contributed by atoms with E-state index in [9.17, 15) is 0 Å². The van der Waals surface area contributed by atoms with Gasteiger partial charge in [0.2, 0.25) is 0 Å². The van der Waals surface area contributed by atoms with Crippen LogP contribution in [0.5, 0.6) is 0 Å². The van der Waals surface area contributed by atoms with Crippen LogP contribution in [0, 0.1) is 6.92 Å². The highest BCUT2D eigenvalue weighted by atomic mass is 79.9. The van der Waals surface area contributed by atoms with Crippen LogP contribution in [-0.4, -0.2) is 0 Å². The predicted molar refractivity (Wildman–Crippen MR) is 86.8 cm³/mol. The number of hydrogen-bond acceptors (Lipinski definition) is 2. The van der Waals surface area contributed by atoms with E-state index in [1.807, 2.05) is 18.2 Å². The van der Waals surface area contributed by atoms with E-state index in [2.05, 4.69) is 68.5 Å². The molecule has 100 valence electrons. The minimum absolute atomic E-state index is 0.104. The molecular weight excluding hydrogens is 368 g/mol. The zero-order chi connectivity index (χ0) is 13.8. The Morgan fingerprint density at radius 1 is 1.11 bits per heavy atom. The summed E-state index contributed by atoms with van der Waals surface area (Å²) in [6.45, 7) is 2.10. The molecule has 0 heterocycles. The van der Waals surface area contributed by atoms with Crippen LogP contribution in [-0.2, 0) is 6.42 Å². The summed E-state index contributed by atoms with van der Waals surface area (Å²) < 4.78 is 2.16. The Balaban J connectivity index is 2.27. The third-order valence-electron chi connectivity index (χ3n) is 3.15. The van der Waals surface area contributed by atoms with Gasteiger partial charge in [-0.05, 0) is 54.3 Å². The van der Waals surface area contributed by atoms with Gasteiger partial charge in [0.1, 0.15) is 0 Å². The van der Waals surface area contributed by atoms with Crippen LogP contribution in [0.4, 0.5) is 0 Å². The fourth-order valence-corrected chi connectivity index (χ4v) is 2.97. The van der Waals surface area contributed by atoms with Crippen LogP contribution in [0.1, 0.15) is 22.7 Å². The number of halogens is 2. The van der Waals surface area contributed by atoms with Crippen LogP contribution < -0.4 is 11.3 Å². The molecule has 0 amide bonds. The number of rotatable bonds is 4. The normalized spacial score (nSPS) is 12.4. The third kappa shape index (κ3) is 3.89. The zero-order valence-corrected chi connectivity index (χ0v) is 13.8. The van der Waals surface area contributed by atoms with Crippen molar-refractivity contribution in [2.45, 2.75) is 19.4 Å². The number of nitrogens with one attached hydrogen (secondary N) is 1. The van der Waals surface area contributed by atoms with Crippen molar-refractivity contribution in [1.29, 1.82) is 0 Å². The monoisotopic (exact) mass is 382 g/mol. The van der Waals surface area contributed by atoms with Gasteiger partial charge in [-0.3, -0.25) is 11.3 Å². The van der Waals surface area contributed by atoms with Crippen molar-refractivity contribution in [3.63, 3.8) is 0 Å². The smallest absolute Gasteiger partial charge is 0.0503 e. The first-order valence-corrected chi connectivity index (χ1v) is 7.65. The topological polar surface area (TPSA) is 38.0 Å². The van der Waals surface area contributed by atoms with Gasteiger partial charge in [0, 0.05) is 8.95 Å². The minimum Gasteiger partial charge on any atom is -0.271 e. The van der Waals surface area contributed by atoms with Gasteiger partial charge in [-0.2, -0.15) is 0 Å². The van der Waals surface area contributed by atoms with Gasteiger partial charge in [0.15, 0.2) is 0 Å². The van der Waals surface area contributed by atoms with Crippen molar-refractivity contribution in [1.82, 2.24) is 5.43 Å². The fraction of sp³-hybridized carbons (Fsp3) is 0.200. The molecule has 0 bridgehead atoms. The lowest BCUT2D eigenvalue weighted by atomic mass is 9.96. The van der Waals surface area contributed by atoms with Crippen LogP contribution in [0.3, 0.4) is 0 Å². The average Bonchev–Trinajstić information content (AvgIpc) is 2.39. The van der Waals surface area contributed by atoms with E-state index in [4.69, 9.17) is 5.84 Å². The Bertz CT molecular complexity index is 570. The van der Waals surface area contributed by atoms with Gasteiger partial charge in [-0.15, -0.1) is 0 Å². The van der Waals surface area contributed by atoms with Gasteiger partial charge >= 0.3 is 0 Å². The summed E-state index contributed by atoms with van der Waals surface area (Å²) >= 11 is 7.01. The van der Waals surface area contributed by atoms with Gasteiger partial charge in [0.05, 0.1) is 6.04 Å². The Morgan fingerprint density at radius 2 is 1.84 bits per heavy atom. The van der Waals surface area contributed by atoms with E-state index >= 15 is 0 Å². The molecule has 1 unspecified atom stereocenters. The lowest BCUT2D eigenvalue weighted by Crippen LogP contribution is -2.30. The molecule has 0 saturated heterocycles. The maximum atomic E-state index is 5.73. The highest BCUT2D eigenvalue weighted by Crippen LogP contribution is 2.25. The van der Waals surface area contributed by atoms with Crippen molar-refractivity contribution in [2.24, 2.45) is 5.84 Å². The second-order valence-corrected chi connectivity index (χ2v) is 6.39. The summed E-state index contributed by atoms with van der Waals surface area (Å²) in [4.78, 5) is 0. The molecule has 0 radical (unpaired) electrons. The van der Waals surface area contributed by atoms with Gasteiger partial charge in [-0.25, -0.2) is 0 Å². The lowest BCUT2D eigenvalue weighted by molar-refractivity contribution is 0.549. The molecule has 19 heavy (non-hydrogen) atoms. The van der Waals surface area contributed by atoms with Crippen LogP contribution in [0.2, 0.25) is 0 Å². The molecule has 0 aliphatic rings. The van der Waals surface area contributed by atoms with E-state index in [-0.39, 0.29) is 6.04 Å². The fourth-order valence-electron chi connectivity index (χ4n) is 2.15. The molecule has 2 aromatic carbocycles. The molecule has 0 fully saturated rings. The maximum Gasteiger partial charge on any atom is 0.0503 e. The molecule has 4 heteroatoms. The number of benzene rings is 2. The molecule has 3 N–H and O–H groups in total. The first-order valence-electron chi connectivity index (χ1n) is 6.07. The Kier molecular flexibility index (Phi) is 5.16. The number of nitrogens with two attached hydrogens (primary N) is 1. The molecule has 0 aliphatic carbocycles. The van der Waals surface area contributed by atoms with E-state index in [1.165, 1.54) is 16.7 Å². The van der Waals surface area contributed by atoms with Crippen LogP contribution in [0.25, 0.3) is 0 Å². The van der Waals surface area contributed by atoms with Crippen molar-refractivity contribution in [3.05, 3.63) is 68.1 Å². The Labute approximate surface area is 130 Å². The van der Waals surface area contributed by atoms with Gasteiger partial charge < -0.3 is 0 Å². The van der Waals surface area contributed by atoms with E-state index < -0.39 is 0 Å². The molecule has 2 aromatic rings. The molecule has 2 rings (SSSR count). The molecular formula is C15H16Br2N2. The standard InChI is InChI=1S/C15H16Br2N2/c1-10-5-6-13(17)9-14(10)15(19-18)8-11-3-2-4-12(16)7-11/h2-7,9,15,19H,8,18H2,1H3. The van der Waals surface area contributed by atoms with E-state index in [1.54, 1.807) is 0 Å². The lowest BCUT2D eigenvalue weighted by Gasteiger charge is -2.19. The Hall–Kier alpha value is -0.680. The summed E-state index contributed by atoms with van der Waals surface area (Å²) in [5, 5.41) is 0. The highest BCUT2D eigenvalue weighted by molar-refractivity contribution is 9.10.